The second-order valence-corrected chi connectivity index (χ2v) is 7.97. The van der Waals surface area contributed by atoms with Crippen LogP contribution in [0, 0.1) is 0 Å². The van der Waals surface area contributed by atoms with Crippen molar-refractivity contribution < 1.29 is 14.3 Å². The number of carbonyl (C=O) groups excluding carboxylic acids is 2. The van der Waals surface area contributed by atoms with Crippen LogP contribution in [0.5, 0.6) is 0 Å². The molecule has 2 heterocycles. The maximum atomic E-state index is 12.8. The van der Waals surface area contributed by atoms with E-state index in [-0.39, 0.29) is 12.2 Å². The van der Waals surface area contributed by atoms with Crippen LogP contribution in [0.4, 0.5) is 10.5 Å². The molecule has 0 saturated heterocycles. The van der Waals surface area contributed by atoms with Crippen LogP contribution in [0.15, 0.2) is 65.3 Å². The van der Waals surface area contributed by atoms with Crippen molar-refractivity contribution >= 4 is 44.7 Å². The van der Waals surface area contributed by atoms with Crippen molar-refractivity contribution in [1.29, 1.82) is 0 Å². The van der Waals surface area contributed by atoms with E-state index in [0.717, 1.165) is 15.7 Å². The van der Waals surface area contributed by atoms with Gasteiger partial charge in [0.2, 0.25) is 0 Å². The van der Waals surface area contributed by atoms with Gasteiger partial charge in [-0.05, 0) is 38.1 Å². The summed E-state index contributed by atoms with van der Waals surface area (Å²) in [5, 5.41) is 10.9. The summed E-state index contributed by atoms with van der Waals surface area (Å²) >= 11 is 3.46. The molecule has 9 heteroatoms. The molecular weight excluding hydrogens is 486 g/mol. The molecule has 0 spiro atoms. The number of aromatic nitrogens is 3. The minimum absolute atomic E-state index is 0.154. The number of esters is 1. The van der Waals surface area contributed by atoms with Crippen LogP contribution in [-0.4, -0.2) is 39.9 Å². The SMILES string of the molecule is CCNC(=O)Nc1c(C(=O)OCC)cnc2c1c(-c1ccc(Br)cc1)nn2-c1ccccc1. The van der Waals surface area contributed by atoms with Gasteiger partial charge in [0.1, 0.15) is 11.3 Å². The Kier molecular flexibility index (Phi) is 6.69. The number of hydrogen-bond donors (Lipinski definition) is 2. The third-order valence-corrected chi connectivity index (χ3v) is 5.41. The molecule has 0 aliphatic rings. The number of halogens is 1. The molecule has 2 aromatic carbocycles. The minimum Gasteiger partial charge on any atom is -0.462 e. The highest BCUT2D eigenvalue weighted by atomic mass is 79.9. The molecule has 0 saturated carbocycles. The van der Waals surface area contributed by atoms with Crippen LogP contribution in [0.2, 0.25) is 0 Å². The average molecular weight is 508 g/mol. The summed E-state index contributed by atoms with van der Waals surface area (Å²) in [6.07, 6.45) is 1.41. The number of rotatable bonds is 6. The molecule has 4 rings (SSSR count). The fraction of sp³-hybridized carbons (Fsp3) is 0.167. The molecule has 0 atom stereocenters. The maximum absolute atomic E-state index is 12.8. The molecule has 4 aromatic rings. The van der Waals surface area contributed by atoms with E-state index < -0.39 is 12.0 Å². The lowest BCUT2D eigenvalue weighted by molar-refractivity contribution is 0.0527. The summed E-state index contributed by atoms with van der Waals surface area (Å²) < 4.78 is 7.85. The highest BCUT2D eigenvalue weighted by molar-refractivity contribution is 9.10. The molecule has 2 aromatic heterocycles. The highest BCUT2D eigenvalue weighted by Gasteiger charge is 2.25. The van der Waals surface area contributed by atoms with E-state index in [0.29, 0.717) is 29.0 Å². The Labute approximate surface area is 199 Å². The van der Waals surface area contributed by atoms with Gasteiger partial charge >= 0.3 is 12.0 Å². The molecule has 0 radical (unpaired) electrons. The Morgan fingerprint density at radius 2 is 1.79 bits per heavy atom. The van der Waals surface area contributed by atoms with Gasteiger partial charge in [0.15, 0.2) is 5.65 Å². The molecule has 0 bridgehead atoms. The number of nitrogens with zero attached hydrogens (tertiary/aromatic N) is 3. The largest absolute Gasteiger partial charge is 0.462 e. The number of pyridine rings is 1. The lowest BCUT2D eigenvalue weighted by Gasteiger charge is -2.13. The first-order valence-corrected chi connectivity index (χ1v) is 11.3. The van der Waals surface area contributed by atoms with Gasteiger partial charge in [0.25, 0.3) is 0 Å². The standard InChI is InChI=1S/C24H22BrN5O3/c1-3-26-24(32)28-21-18(23(31)33-4-2)14-27-22-19(21)20(15-10-12-16(25)13-11-15)29-30(22)17-8-6-5-7-9-17/h5-14H,3-4H2,1-2H3,(H2,26,27,28,32). The zero-order chi connectivity index (χ0) is 23.4. The van der Waals surface area contributed by atoms with Gasteiger partial charge in [0.05, 0.1) is 23.4 Å². The van der Waals surface area contributed by atoms with Gasteiger partial charge < -0.3 is 15.4 Å². The number of nitrogens with one attached hydrogen (secondary N) is 2. The Morgan fingerprint density at radius 3 is 2.45 bits per heavy atom. The molecule has 168 valence electrons. The van der Waals surface area contributed by atoms with E-state index in [1.807, 2.05) is 61.5 Å². The molecule has 2 N–H and O–H groups in total. The highest BCUT2D eigenvalue weighted by Crippen LogP contribution is 2.36. The van der Waals surface area contributed by atoms with E-state index in [2.05, 4.69) is 31.5 Å². The Hall–Kier alpha value is -3.72. The lowest BCUT2D eigenvalue weighted by Crippen LogP contribution is -2.29. The molecule has 0 aliphatic carbocycles. The molecule has 33 heavy (non-hydrogen) atoms. The first kappa shape index (κ1) is 22.5. The average Bonchev–Trinajstić information content (AvgIpc) is 3.21. The monoisotopic (exact) mass is 507 g/mol. The Morgan fingerprint density at radius 1 is 1.06 bits per heavy atom. The van der Waals surface area contributed by atoms with E-state index in [1.54, 1.807) is 11.6 Å². The number of carbonyl (C=O) groups is 2. The fourth-order valence-electron chi connectivity index (χ4n) is 3.45. The lowest BCUT2D eigenvalue weighted by atomic mass is 10.1. The van der Waals surface area contributed by atoms with Gasteiger partial charge in [-0.1, -0.05) is 46.3 Å². The van der Waals surface area contributed by atoms with Crippen molar-refractivity contribution in [3.05, 3.63) is 70.8 Å². The summed E-state index contributed by atoms with van der Waals surface area (Å²) in [7, 11) is 0. The summed E-state index contributed by atoms with van der Waals surface area (Å²) in [4.78, 5) is 29.8. The Balaban J connectivity index is 2.04. The third-order valence-electron chi connectivity index (χ3n) is 4.89. The fourth-order valence-corrected chi connectivity index (χ4v) is 3.72. The zero-order valence-corrected chi connectivity index (χ0v) is 19.7. The van der Waals surface area contributed by atoms with Crippen LogP contribution in [0.3, 0.4) is 0 Å². The number of amides is 2. The minimum atomic E-state index is -0.576. The van der Waals surface area contributed by atoms with Crippen molar-refractivity contribution in [3.8, 4) is 16.9 Å². The van der Waals surface area contributed by atoms with Crippen LogP contribution >= 0.6 is 15.9 Å². The summed E-state index contributed by atoms with van der Waals surface area (Å²) in [5.41, 5.74) is 3.13. The predicted octanol–water partition coefficient (Wildman–Crippen LogP) is 5.17. The molecule has 0 unspecified atom stereocenters. The van der Waals surface area contributed by atoms with Crippen LogP contribution in [-0.2, 0) is 4.74 Å². The van der Waals surface area contributed by atoms with E-state index in [4.69, 9.17) is 9.84 Å². The number of urea groups is 1. The quantitative estimate of drug-likeness (QED) is 0.351. The third kappa shape index (κ3) is 4.58. The molecule has 0 aliphatic heterocycles. The number of benzene rings is 2. The van der Waals surface area contributed by atoms with Gasteiger partial charge in [0, 0.05) is 22.8 Å². The summed E-state index contributed by atoms with van der Waals surface area (Å²) in [6, 6.07) is 16.7. The molecule has 0 fully saturated rings. The molecular formula is C24H22BrN5O3. The van der Waals surface area contributed by atoms with Gasteiger partial charge in [-0.3, -0.25) is 0 Å². The number of para-hydroxylation sites is 1. The van der Waals surface area contributed by atoms with Crippen molar-refractivity contribution in [3.63, 3.8) is 0 Å². The van der Waals surface area contributed by atoms with E-state index in [9.17, 15) is 9.59 Å². The second-order valence-electron chi connectivity index (χ2n) is 7.05. The maximum Gasteiger partial charge on any atom is 0.341 e. The number of ether oxygens (including phenoxy) is 1. The zero-order valence-electron chi connectivity index (χ0n) is 18.1. The summed E-state index contributed by atoms with van der Waals surface area (Å²) in [5.74, 6) is -0.576. The van der Waals surface area contributed by atoms with Crippen molar-refractivity contribution in [1.82, 2.24) is 20.1 Å². The van der Waals surface area contributed by atoms with Crippen molar-refractivity contribution in [2.24, 2.45) is 0 Å². The summed E-state index contributed by atoms with van der Waals surface area (Å²) in [6.45, 7) is 4.16. The smallest absolute Gasteiger partial charge is 0.341 e. The van der Waals surface area contributed by atoms with Crippen molar-refractivity contribution in [2.45, 2.75) is 13.8 Å². The first-order chi connectivity index (χ1) is 16.0. The van der Waals surface area contributed by atoms with Crippen molar-refractivity contribution in [2.75, 3.05) is 18.5 Å². The van der Waals surface area contributed by atoms with E-state index >= 15 is 0 Å². The topological polar surface area (TPSA) is 98.1 Å². The first-order valence-electron chi connectivity index (χ1n) is 10.5. The van der Waals surface area contributed by atoms with Gasteiger partial charge in [-0.25, -0.2) is 19.3 Å². The number of fused-ring (bicyclic) bond motifs is 1. The van der Waals surface area contributed by atoms with Crippen LogP contribution in [0.25, 0.3) is 28.0 Å². The van der Waals surface area contributed by atoms with Crippen LogP contribution in [0.1, 0.15) is 24.2 Å². The van der Waals surface area contributed by atoms with Crippen LogP contribution < -0.4 is 10.6 Å². The number of anilines is 1. The van der Waals surface area contributed by atoms with Gasteiger partial charge in [-0.2, -0.15) is 5.10 Å². The number of hydrogen-bond acceptors (Lipinski definition) is 5. The van der Waals surface area contributed by atoms with Gasteiger partial charge in [-0.15, -0.1) is 0 Å². The van der Waals surface area contributed by atoms with E-state index in [1.165, 1.54) is 6.20 Å². The normalized spacial score (nSPS) is 10.8. The molecule has 8 nitrogen and oxygen atoms in total. The Bertz CT molecular complexity index is 1300. The second kappa shape index (κ2) is 9.83. The molecule has 2 amide bonds. The predicted molar refractivity (Wildman–Crippen MR) is 131 cm³/mol.